The highest BCUT2D eigenvalue weighted by Gasteiger charge is 2.32. The highest BCUT2D eigenvalue weighted by Crippen LogP contribution is 2.30. The molecule has 1 aromatic heterocycles. The molecule has 0 unspecified atom stereocenters. The third-order valence-electron chi connectivity index (χ3n) is 3.46. The van der Waals surface area contributed by atoms with Gasteiger partial charge in [-0.1, -0.05) is 0 Å². The van der Waals surface area contributed by atoms with E-state index in [0.717, 1.165) is 12.3 Å². The highest BCUT2D eigenvalue weighted by atomic mass is 16.3. The number of hydrogen-bond acceptors (Lipinski definition) is 3. The van der Waals surface area contributed by atoms with E-state index in [2.05, 4.69) is 18.7 Å². The monoisotopic (exact) mass is 208 g/mol. The average Bonchev–Trinajstić information content (AvgIpc) is 2.74. The molecule has 1 aliphatic rings. The van der Waals surface area contributed by atoms with Crippen LogP contribution in [-0.4, -0.2) is 17.0 Å². The summed E-state index contributed by atoms with van der Waals surface area (Å²) in [5.41, 5.74) is 7.19. The normalized spacial score (nSPS) is 21.0. The van der Waals surface area contributed by atoms with E-state index in [0.29, 0.717) is 12.1 Å². The van der Waals surface area contributed by atoms with Crippen LogP contribution in [0.15, 0.2) is 16.7 Å². The Hall–Kier alpha value is -0.800. The Kier molecular flexibility index (Phi) is 2.85. The predicted molar refractivity (Wildman–Crippen MR) is 60.3 cm³/mol. The molecule has 84 valence electrons. The molecule has 2 rings (SSSR count). The molecule has 1 saturated heterocycles. The van der Waals surface area contributed by atoms with E-state index in [9.17, 15) is 0 Å². The largest absolute Gasteiger partial charge is 0.468 e. The first-order valence-electron chi connectivity index (χ1n) is 5.64. The first kappa shape index (κ1) is 10.7. The lowest BCUT2D eigenvalue weighted by Gasteiger charge is -2.31. The number of nitrogens with two attached hydrogens (primary N) is 1. The van der Waals surface area contributed by atoms with Gasteiger partial charge >= 0.3 is 0 Å². The van der Waals surface area contributed by atoms with E-state index in [1.54, 1.807) is 6.26 Å². The van der Waals surface area contributed by atoms with Gasteiger partial charge in [-0.05, 0) is 39.3 Å². The maximum Gasteiger partial charge on any atom is 0.121 e. The number of nitrogens with zero attached hydrogens (tertiary/aromatic N) is 1. The van der Waals surface area contributed by atoms with Crippen LogP contribution in [0, 0.1) is 0 Å². The molecule has 0 saturated carbocycles. The van der Waals surface area contributed by atoms with E-state index in [1.807, 2.05) is 6.07 Å². The SMILES string of the molecule is CC1(C)CCCN1Cc1ccoc1CN. The van der Waals surface area contributed by atoms with E-state index >= 15 is 0 Å². The van der Waals surface area contributed by atoms with Crippen molar-refractivity contribution in [3.05, 3.63) is 23.7 Å². The van der Waals surface area contributed by atoms with Crippen molar-refractivity contribution in [1.82, 2.24) is 4.90 Å². The molecular weight excluding hydrogens is 188 g/mol. The zero-order valence-corrected chi connectivity index (χ0v) is 9.62. The Labute approximate surface area is 91.2 Å². The van der Waals surface area contributed by atoms with Gasteiger partial charge in [-0.2, -0.15) is 0 Å². The summed E-state index contributed by atoms with van der Waals surface area (Å²) < 4.78 is 5.34. The molecule has 3 nitrogen and oxygen atoms in total. The number of furan rings is 1. The second kappa shape index (κ2) is 3.99. The maximum absolute atomic E-state index is 5.62. The molecule has 0 radical (unpaired) electrons. The molecule has 15 heavy (non-hydrogen) atoms. The maximum atomic E-state index is 5.62. The zero-order chi connectivity index (χ0) is 10.9. The first-order chi connectivity index (χ1) is 7.13. The predicted octanol–water partition coefficient (Wildman–Crippen LogP) is 2.11. The lowest BCUT2D eigenvalue weighted by Crippen LogP contribution is -2.37. The van der Waals surface area contributed by atoms with Gasteiger partial charge in [-0.15, -0.1) is 0 Å². The molecule has 1 aliphatic heterocycles. The highest BCUT2D eigenvalue weighted by molar-refractivity contribution is 5.17. The van der Waals surface area contributed by atoms with Crippen molar-refractivity contribution in [1.29, 1.82) is 0 Å². The van der Waals surface area contributed by atoms with E-state index in [-0.39, 0.29) is 0 Å². The smallest absolute Gasteiger partial charge is 0.121 e. The van der Waals surface area contributed by atoms with Crippen molar-refractivity contribution < 1.29 is 4.42 Å². The van der Waals surface area contributed by atoms with Crippen molar-refractivity contribution in [2.75, 3.05) is 6.54 Å². The second-order valence-electron chi connectivity index (χ2n) is 4.91. The second-order valence-corrected chi connectivity index (χ2v) is 4.91. The molecule has 2 N–H and O–H groups in total. The zero-order valence-electron chi connectivity index (χ0n) is 9.62. The standard InChI is InChI=1S/C12H20N2O/c1-12(2)5-3-6-14(12)9-10-4-7-15-11(10)8-13/h4,7H,3,5-6,8-9,13H2,1-2H3. The molecule has 2 heterocycles. The first-order valence-corrected chi connectivity index (χ1v) is 5.64. The molecule has 0 aromatic carbocycles. The fourth-order valence-corrected chi connectivity index (χ4v) is 2.35. The van der Waals surface area contributed by atoms with Gasteiger partial charge in [0.2, 0.25) is 0 Å². The topological polar surface area (TPSA) is 42.4 Å². The average molecular weight is 208 g/mol. The lowest BCUT2D eigenvalue weighted by molar-refractivity contribution is 0.165. The molecule has 0 amide bonds. The van der Waals surface area contributed by atoms with Crippen molar-refractivity contribution in [3.63, 3.8) is 0 Å². The van der Waals surface area contributed by atoms with Crippen LogP contribution in [0.1, 0.15) is 38.0 Å². The van der Waals surface area contributed by atoms with Crippen LogP contribution in [-0.2, 0) is 13.1 Å². The molecule has 0 atom stereocenters. The van der Waals surface area contributed by atoms with Gasteiger partial charge in [0, 0.05) is 17.6 Å². The van der Waals surface area contributed by atoms with Gasteiger partial charge in [0.25, 0.3) is 0 Å². The Morgan fingerprint density at radius 3 is 2.93 bits per heavy atom. The number of rotatable bonds is 3. The van der Waals surface area contributed by atoms with Crippen molar-refractivity contribution in [2.24, 2.45) is 5.73 Å². The summed E-state index contributed by atoms with van der Waals surface area (Å²) in [5.74, 6) is 0.928. The Morgan fingerprint density at radius 1 is 1.53 bits per heavy atom. The fourth-order valence-electron chi connectivity index (χ4n) is 2.35. The van der Waals surface area contributed by atoms with E-state index in [1.165, 1.54) is 24.9 Å². The van der Waals surface area contributed by atoms with Gasteiger partial charge in [0.1, 0.15) is 5.76 Å². The van der Waals surface area contributed by atoms with Gasteiger partial charge < -0.3 is 10.2 Å². The number of hydrogen-bond donors (Lipinski definition) is 1. The minimum atomic E-state index is 0.323. The van der Waals surface area contributed by atoms with Crippen LogP contribution in [0.3, 0.4) is 0 Å². The summed E-state index contributed by atoms with van der Waals surface area (Å²) in [6.45, 7) is 7.26. The van der Waals surface area contributed by atoms with E-state index < -0.39 is 0 Å². The molecule has 1 fully saturated rings. The van der Waals surface area contributed by atoms with Gasteiger partial charge in [0.05, 0.1) is 12.8 Å². The Bertz CT molecular complexity index is 330. The van der Waals surface area contributed by atoms with Crippen molar-refractivity contribution >= 4 is 0 Å². The molecule has 0 bridgehead atoms. The molecule has 0 spiro atoms. The summed E-state index contributed by atoms with van der Waals surface area (Å²) in [4.78, 5) is 2.51. The molecule has 0 aliphatic carbocycles. The van der Waals surface area contributed by atoms with Crippen LogP contribution in [0.25, 0.3) is 0 Å². The summed E-state index contributed by atoms with van der Waals surface area (Å²) in [7, 11) is 0. The minimum absolute atomic E-state index is 0.323. The van der Waals surface area contributed by atoms with Crippen LogP contribution in [0.5, 0.6) is 0 Å². The molecular formula is C12H20N2O. The van der Waals surface area contributed by atoms with Gasteiger partial charge in [0.15, 0.2) is 0 Å². The van der Waals surface area contributed by atoms with Gasteiger partial charge in [-0.3, -0.25) is 4.90 Å². The summed E-state index contributed by atoms with van der Waals surface area (Å²) in [6, 6.07) is 2.04. The number of likely N-dealkylation sites (tertiary alicyclic amines) is 1. The Balaban J connectivity index is 2.08. The van der Waals surface area contributed by atoms with Gasteiger partial charge in [-0.25, -0.2) is 0 Å². The minimum Gasteiger partial charge on any atom is -0.468 e. The van der Waals surface area contributed by atoms with Crippen molar-refractivity contribution in [3.8, 4) is 0 Å². The summed E-state index contributed by atoms with van der Waals surface area (Å²) >= 11 is 0. The third-order valence-corrected chi connectivity index (χ3v) is 3.46. The van der Waals surface area contributed by atoms with Crippen LogP contribution >= 0.6 is 0 Å². The van der Waals surface area contributed by atoms with Crippen LogP contribution in [0.4, 0.5) is 0 Å². The Morgan fingerprint density at radius 2 is 2.33 bits per heavy atom. The van der Waals surface area contributed by atoms with Crippen molar-refractivity contribution in [2.45, 2.75) is 45.3 Å². The summed E-state index contributed by atoms with van der Waals surface area (Å²) in [6.07, 6.45) is 4.31. The lowest BCUT2D eigenvalue weighted by atomic mass is 10.0. The van der Waals surface area contributed by atoms with E-state index in [4.69, 9.17) is 10.2 Å². The fraction of sp³-hybridized carbons (Fsp3) is 0.667. The van der Waals surface area contributed by atoms with Crippen LogP contribution < -0.4 is 5.73 Å². The molecule has 1 aromatic rings. The third kappa shape index (κ3) is 2.08. The quantitative estimate of drug-likeness (QED) is 0.827. The molecule has 3 heteroatoms. The summed E-state index contributed by atoms with van der Waals surface area (Å²) in [5, 5.41) is 0. The van der Waals surface area contributed by atoms with Crippen LogP contribution in [0.2, 0.25) is 0 Å².